The molecule has 0 spiro atoms. The van der Waals surface area contributed by atoms with Crippen LogP contribution in [0.25, 0.3) is 0 Å². The van der Waals surface area contributed by atoms with Gasteiger partial charge in [0.05, 0.1) is 27.7 Å². The zero-order chi connectivity index (χ0) is 30.5. The van der Waals surface area contributed by atoms with Gasteiger partial charge in [0, 0.05) is 12.1 Å². The van der Waals surface area contributed by atoms with Crippen molar-refractivity contribution >= 4 is 50.7 Å². The second-order valence-electron chi connectivity index (χ2n) is 10.7. The van der Waals surface area contributed by atoms with E-state index >= 15 is 0 Å². The number of methoxy groups -OCH3 is 1. The molecular formula is C30H35Cl2N3O5S. The highest BCUT2D eigenvalue weighted by Crippen LogP contribution is 2.35. The van der Waals surface area contributed by atoms with Gasteiger partial charge in [0.1, 0.15) is 18.3 Å². The van der Waals surface area contributed by atoms with Crippen molar-refractivity contribution in [1.82, 2.24) is 10.2 Å². The second-order valence-corrected chi connectivity index (χ2v) is 13.3. The number of rotatable bonds is 10. The maximum Gasteiger partial charge on any atom is 0.264 e. The van der Waals surface area contributed by atoms with E-state index in [-0.39, 0.29) is 33.1 Å². The molecule has 0 aliphatic heterocycles. The standard InChI is InChI=1S/C30H35Cl2N3O5S/c1-20-10-16-24(17-11-20)41(38,39)35(26-9-7-8-25(31)28(26)32)19-27(36)34(21(2)29(37)33-30(3,4)5)18-22-12-14-23(40-6)15-13-22/h7-17,21H,18-19H2,1-6H3,(H,33,37)/t21-/m0/s1. The molecule has 0 aromatic heterocycles. The topological polar surface area (TPSA) is 96.0 Å². The Morgan fingerprint density at radius 2 is 1.59 bits per heavy atom. The Morgan fingerprint density at radius 1 is 0.976 bits per heavy atom. The molecule has 0 heterocycles. The molecule has 0 saturated carbocycles. The fraction of sp³-hybridized carbons (Fsp3) is 0.333. The highest BCUT2D eigenvalue weighted by Gasteiger charge is 2.34. The molecule has 0 aliphatic rings. The lowest BCUT2D eigenvalue weighted by molar-refractivity contribution is -0.140. The minimum Gasteiger partial charge on any atom is -0.497 e. The predicted molar refractivity (Wildman–Crippen MR) is 163 cm³/mol. The van der Waals surface area contributed by atoms with Gasteiger partial charge in [0.2, 0.25) is 11.8 Å². The van der Waals surface area contributed by atoms with E-state index < -0.39 is 34.1 Å². The first kappa shape index (κ1) is 32.2. The molecule has 3 aromatic rings. The van der Waals surface area contributed by atoms with Gasteiger partial charge in [-0.05, 0) is 76.6 Å². The van der Waals surface area contributed by atoms with E-state index in [0.717, 1.165) is 15.4 Å². The molecule has 220 valence electrons. The van der Waals surface area contributed by atoms with E-state index in [0.29, 0.717) is 5.75 Å². The van der Waals surface area contributed by atoms with Gasteiger partial charge in [0.25, 0.3) is 10.0 Å². The number of hydrogen-bond donors (Lipinski definition) is 1. The summed E-state index contributed by atoms with van der Waals surface area (Å²) < 4.78 is 34.1. The zero-order valence-corrected chi connectivity index (χ0v) is 26.3. The van der Waals surface area contributed by atoms with Crippen molar-refractivity contribution in [2.75, 3.05) is 18.0 Å². The number of benzene rings is 3. The fourth-order valence-corrected chi connectivity index (χ4v) is 5.89. The quantitative estimate of drug-likeness (QED) is 0.308. The maximum absolute atomic E-state index is 14.0. The van der Waals surface area contributed by atoms with Crippen molar-refractivity contribution in [3.63, 3.8) is 0 Å². The molecular weight excluding hydrogens is 585 g/mol. The smallest absolute Gasteiger partial charge is 0.264 e. The predicted octanol–water partition coefficient (Wildman–Crippen LogP) is 5.84. The number of anilines is 1. The van der Waals surface area contributed by atoms with Crippen molar-refractivity contribution in [3.05, 3.63) is 87.9 Å². The number of sulfonamides is 1. The third-order valence-corrected chi connectivity index (χ3v) is 8.85. The molecule has 0 aliphatic carbocycles. The Morgan fingerprint density at radius 3 is 2.15 bits per heavy atom. The van der Waals surface area contributed by atoms with Gasteiger partial charge in [-0.25, -0.2) is 8.42 Å². The summed E-state index contributed by atoms with van der Waals surface area (Å²) >= 11 is 12.7. The molecule has 3 rings (SSSR count). The van der Waals surface area contributed by atoms with Crippen LogP contribution < -0.4 is 14.4 Å². The highest BCUT2D eigenvalue weighted by molar-refractivity contribution is 7.92. The number of carbonyl (C=O) groups is 2. The molecule has 11 heteroatoms. The molecule has 1 N–H and O–H groups in total. The van der Waals surface area contributed by atoms with Crippen LogP contribution in [0, 0.1) is 6.92 Å². The number of halogens is 2. The van der Waals surface area contributed by atoms with E-state index in [1.165, 1.54) is 29.2 Å². The van der Waals surface area contributed by atoms with Crippen LogP contribution in [0.15, 0.2) is 71.6 Å². The summed E-state index contributed by atoms with van der Waals surface area (Å²) in [7, 11) is -2.72. The van der Waals surface area contributed by atoms with Crippen LogP contribution in [0.5, 0.6) is 5.75 Å². The molecule has 1 atom stereocenters. The van der Waals surface area contributed by atoms with E-state index in [4.69, 9.17) is 27.9 Å². The van der Waals surface area contributed by atoms with Gasteiger partial charge < -0.3 is 15.0 Å². The van der Waals surface area contributed by atoms with Crippen LogP contribution in [0.4, 0.5) is 5.69 Å². The molecule has 2 amide bonds. The largest absolute Gasteiger partial charge is 0.497 e. The van der Waals surface area contributed by atoms with E-state index in [9.17, 15) is 18.0 Å². The number of hydrogen-bond acceptors (Lipinski definition) is 5. The first-order chi connectivity index (χ1) is 19.1. The SMILES string of the molecule is COc1ccc(CN(C(=O)CN(c2cccc(Cl)c2Cl)S(=O)(=O)c2ccc(C)cc2)[C@@H](C)C(=O)NC(C)(C)C)cc1. The molecule has 0 unspecified atom stereocenters. The van der Waals surface area contributed by atoms with Crippen LogP contribution in [0.3, 0.4) is 0 Å². The van der Waals surface area contributed by atoms with Crippen molar-refractivity contribution < 1.29 is 22.7 Å². The summed E-state index contributed by atoms with van der Waals surface area (Å²) in [5.74, 6) is -0.353. The number of nitrogens with one attached hydrogen (secondary N) is 1. The third-order valence-electron chi connectivity index (χ3n) is 6.27. The Kier molecular flexibility index (Phi) is 10.3. The van der Waals surface area contributed by atoms with Gasteiger partial charge in [-0.2, -0.15) is 0 Å². The lowest BCUT2D eigenvalue weighted by Crippen LogP contribution is -2.54. The number of nitrogens with zero attached hydrogens (tertiary/aromatic N) is 2. The van der Waals surface area contributed by atoms with E-state index in [2.05, 4.69) is 5.32 Å². The minimum atomic E-state index is -4.27. The average molecular weight is 621 g/mol. The van der Waals surface area contributed by atoms with Crippen molar-refractivity contribution in [2.45, 2.75) is 57.6 Å². The summed E-state index contributed by atoms with van der Waals surface area (Å²) in [5.41, 5.74) is 1.10. The summed E-state index contributed by atoms with van der Waals surface area (Å²) in [5, 5.41) is 3.02. The van der Waals surface area contributed by atoms with Crippen LogP contribution in [0.2, 0.25) is 10.0 Å². The first-order valence-corrected chi connectivity index (χ1v) is 15.1. The number of ether oxygens (including phenoxy) is 1. The minimum absolute atomic E-state index is 0.0159. The Balaban J connectivity index is 2.07. The lowest BCUT2D eigenvalue weighted by Gasteiger charge is -2.33. The first-order valence-electron chi connectivity index (χ1n) is 12.9. The van der Waals surface area contributed by atoms with Gasteiger partial charge in [0.15, 0.2) is 0 Å². The summed E-state index contributed by atoms with van der Waals surface area (Å²) in [4.78, 5) is 28.6. The molecule has 8 nitrogen and oxygen atoms in total. The molecule has 0 fully saturated rings. The van der Waals surface area contributed by atoms with Crippen molar-refractivity contribution in [2.24, 2.45) is 0 Å². The summed E-state index contributed by atoms with van der Waals surface area (Å²) in [6, 6.07) is 17.0. The van der Waals surface area contributed by atoms with E-state index in [1.54, 1.807) is 56.5 Å². The van der Waals surface area contributed by atoms with Crippen molar-refractivity contribution in [3.8, 4) is 5.75 Å². The van der Waals surface area contributed by atoms with Gasteiger partial charge in [-0.3, -0.25) is 13.9 Å². The summed E-state index contributed by atoms with van der Waals surface area (Å²) in [6.07, 6.45) is 0. The van der Waals surface area contributed by atoms with Gasteiger partial charge in [-0.1, -0.05) is 59.1 Å². The molecule has 0 bridgehead atoms. The van der Waals surface area contributed by atoms with Crippen LogP contribution in [-0.2, 0) is 26.2 Å². The second kappa shape index (κ2) is 13.1. The van der Waals surface area contributed by atoms with Gasteiger partial charge in [-0.15, -0.1) is 0 Å². The number of aryl methyl sites for hydroxylation is 1. The third kappa shape index (κ3) is 8.15. The Hall–Kier alpha value is -3.27. The van der Waals surface area contributed by atoms with Crippen LogP contribution >= 0.6 is 23.2 Å². The van der Waals surface area contributed by atoms with Crippen molar-refractivity contribution in [1.29, 1.82) is 0 Å². The maximum atomic E-state index is 14.0. The van der Waals surface area contributed by atoms with Crippen LogP contribution in [-0.4, -0.2) is 50.4 Å². The normalized spacial score (nSPS) is 12.4. The summed E-state index contributed by atoms with van der Waals surface area (Å²) in [6.45, 7) is 8.38. The highest BCUT2D eigenvalue weighted by atomic mass is 35.5. The zero-order valence-electron chi connectivity index (χ0n) is 23.9. The monoisotopic (exact) mass is 619 g/mol. The molecule has 0 radical (unpaired) electrons. The van der Waals surface area contributed by atoms with Crippen LogP contribution in [0.1, 0.15) is 38.8 Å². The van der Waals surface area contributed by atoms with E-state index in [1.807, 2.05) is 27.7 Å². The molecule has 41 heavy (non-hydrogen) atoms. The lowest BCUT2D eigenvalue weighted by atomic mass is 10.1. The average Bonchev–Trinajstić information content (AvgIpc) is 2.91. The Labute approximate surface area is 252 Å². The molecule has 0 saturated heterocycles. The molecule has 3 aromatic carbocycles. The Bertz CT molecular complexity index is 1490. The van der Waals surface area contributed by atoms with Gasteiger partial charge >= 0.3 is 0 Å². The number of amides is 2. The fourth-order valence-electron chi connectivity index (χ4n) is 4.02. The number of carbonyl (C=O) groups excluding carboxylic acids is 2.